The van der Waals surface area contributed by atoms with Crippen molar-refractivity contribution >= 4 is 18.7 Å². The normalized spacial score (nSPS) is 14.0. The summed E-state index contributed by atoms with van der Waals surface area (Å²) >= 11 is 3.55. The van der Waals surface area contributed by atoms with E-state index < -0.39 is 16.4 Å². The van der Waals surface area contributed by atoms with Crippen LogP contribution in [0, 0.1) is 10.1 Å². The molecule has 0 aliphatic carbocycles. The monoisotopic (exact) mass is 226 g/mol. The molecule has 1 amide bonds. The minimum atomic E-state index is -1.80. The largest absolute Gasteiger partial charge is 0.321 e. The maximum atomic E-state index is 11.4. The maximum absolute atomic E-state index is 11.4. The van der Waals surface area contributed by atoms with Gasteiger partial charge in [-0.05, 0) is 0 Å². The van der Waals surface area contributed by atoms with Crippen molar-refractivity contribution in [2.45, 2.75) is 12.5 Å². The van der Waals surface area contributed by atoms with Gasteiger partial charge in [0.2, 0.25) is 0 Å². The number of benzene rings is 1. The molecule has 0 fully saturated rings. The molecule has 0 aromatic heterocycles. The molecule has 1 unspecified atom stereocenters. The van der Waals surface area contributed by atoms with E-state index in [4.69, 9.17) is 0 Å². The summed E-state index contributed by atoms with van der Waals surface area (Å²) in [4.78, 5) is 21.7. The highest BCUT2D eigenvalue weighted by molar-refractivity contribution is 7.78. The Morgan fingerprint density at radius 3 is 2.40 bits per heavy atom. The lowest BCUT2D eigenvalue weighted by Gasteiger charge is -2.18. The summed E-state index contributed by atoms with van der Waals surface area (Å²) in [6.45, 7) is 1.24. The van der Waals surface area contributed by atoms with E-state index in [-0.39, 0.29) is 0 Å². The SMILES string of the molecule is CC(C(=O)NS)(c1ccccc1)[N+](=O)[O-]. The minimum absolute atomic E-state index is 0.321. The van der Waals surface area contributed by atoms with Crippen LogP contribution in [0.25, 0.3) is 0 Å². The Kier molecular flexibility index (Phi) is 3.31. The summed E-state index contributed by atoms with van der Waals surface area (Å²) in [5.74, 6) is -0.762. The number of hydrogen-bond acceptors (Lipinski definition) is 4. The molecule has 0 bridgehead atoms. The van der Waals surface area contributed by atoms with Gasteiger partial charge in [-0.2, -0.15) is 0 Å². The zero-order valence-corrected chi connectivity index (χ0v) is 8.90. The van der Waals surface area contributed by atoms with Crippen LogP contribution < -0.4 is 4.72 Å². The average molecular weight is 226 g/mol. The molecule has 1 aromatic carbocycles. The molecule has 6 heteroatoms. The molecule has 1 rings (SSSR count). The van der Waals surface area contributed by atoms with E-state index >= 15 is 0 Å². The number of nitrogens with zero attached hydrogens (tertiary/aromatic N) is 1. The van der Waals surface area contributed by atoms with Crippen LogP contribution in [0.2, 0.25) is 0 Å². The van der Waals surface area contributed by atoms with Gasteiger partial charge in [0, 0.05) is 17.4 Å². The van der Waals surface area contributed by atoms with Crippen molar-refractivity contribution in [3.8, 4) is 0 Å². The Labute approximate surface area is 92.2 Å². The molecule has 15 heavy (non-hydrogen) atoms. The molecule has 5 nitrogen and oxygen atoms in total. The first-order valence-electron chi connectivity index (χ1n) is 4.18. The molecule has 1 aromatic rings. The quantitative estimate of drug-likeness (QED) is 0.461. The third-order valence-electron chi connectivity index (χ3n) is 2.24. The fraction of sp³-hybridized carbons (Fsp3) is 0.222. The lowest BCUT2D eigenvalue weighted by molar-refractivity contribution is -0.556. The summed E-state index contributed by atoms with van der Waals surface area (Å²) < 4.78 is 2.00. The average Bonchev–Trinajstić information content (AvgIpc) is 2.27. The molecular formula is C9H10N2O3S. The fourth-order valence-electron chi connectivity index (χ4n) is 1.19. The second-order valence-corrected chi connectivity index (χ2v) is 3.36. The van der Waals surface area contributed by atoms with E-state index in [1.807, 2.05) is 4.72 Å². The Bertz CT molecular complexity index is 382. The van der Waals surface area contributed by atoms with Crippen molar-refractivity contribution in [2.75, 3.05) is 0 Å². The van der Waals surface area contributed by atoms with Gasteiger partial charge in [-0.25, -0.2) is 0 Å². The van der Waals surface area contributed by atoms with Crippen molar-refractivity contribution in [1.29, 1.82) is 0 Å². The number of hydrogen-bond donors (Lipinski definition) is 2. The molecule has 1 N–H and O–H groups in total. The fourth-order valence-corrected chi connectivity index (χ4v) is 1.41. The Morgan fingerprint density at radius 1 is 1.47 bits per heavy atom. The van der Waals surface area contributed by atoms with E-state index in [0.717, 1.165) is 0 Å². The highest BCUT2D eigenvalue weighted by Crippen LogP contribution is 2.24. The smallest absolute Gasteiger partial charge is 0.296 e. The van der Waals surface area contributed by atoms with Crippen LogP contribution in [0.15, 0.2) is 30.3 Å². The number of amides is 1. The second-order valence-electron chi connectivity index (χ2n) is 3.14. The molecule has 0 heterocycles. The lowest BCUT2D eigenvalue weighted by atomic mass is 9.92. The minimum Gasteiger partial charge on any atom is -0.296 e. The summed E-state index contributed by atoms with van der Waals surface area (Å²) in [5.41, 5.74) is -1.48. The van der Waals surface area contributed by atoms with E-state index in [9.17, 15) is 14.9 Å². The molecule has 1 atom stereocenters. The van der Waals surface area contributed by atoms with Crippen LogP contribution in [0.1, 0.15) is 12.5 Å². The number of carbonyl (C=O) groups is 1. The maximum Gasteiger partial charge on any atom is 0.321 e. The summed E-state index contributed by atoms with van der Waals surface area (Å²) in [6, 6.07) is 8.08. The van der Waals surface area contributed by atoms with Crippen molar-refractivity contribution in [3.63, 3.8) is 0 Å². The van der Waals surface area contributed by atoms with Gasteiger partial charge in [0.1, 0.15) is 0 Å². The number of nitrogens with one attached hydrogen (secondary N) is 1. The van der Waals surface area contributed by atoms with Gasteiger partial charge in [0.15, 0.2) is 0 Å². The van der Waals surface area contributed by atoms with E-state index in [1.54, 1.807) is 18.2 Å². The van der Waals surface area contributed by atoms with E-state index in [1.165, 1.54) is 19.1 Å². The number of rotatable bonds is 3. The predicted octanol–water partition coefficient (Wildman–Crippen LogP) is 1.14. The van der Waals surface area contributed by atoms with Gasteiger partial charge in [-0.3, -0.25) is 19.6 Å². The Balaban J connectivity index is 3.25. The number of thiol groups is 1. The lowest BCUT2D eigenvalue weighted by Crippen LogP contribution is -2.45. The van der Waals surface area contributed by atoms with Gasteiger partial charge in [0.05, 0.1) is 0 Å². The van der Waals surface area contributed by atoms with Gasteiger partial charge in [0.25, 0.3) is 0 Å². The standard InChI is InChI=1S/C9H10N2O3S/c1-9(11(13)14,8(12)10-15)7-5-3-2-4-6-7/h2-6,15H,1H3,(H,10,12). The van der Waals surface area contributed by atoms with Crippen LogP contribution in [-0.2, 0) is 10.3 Å². The molecule has 0 spiro atoms. The molecule has 80 valence electrons. The molecular weight excluding hydrogens is 216 g/mol. The van der Waals surface area contributed by atoms with Gasteiger partial charge < -0.3 is 0 Å². The van der Waals surface area contributed by atoms with Crippen LogP contribution in [-0.4, -0.2) is 10.8 Å². The van der Waals surface area contributed by atoms with Crippen LogP contribution >= 0.6 is 12.8 Å². The summed E-state index contributed by atoms with van der Waals surface area (Å²) in [7, 11) is 0. The molecule has 0 saturated carbocycles. The third-order valence-corrected chi connectivity index (χ3v) is 2.45. The van der Waals surface area contributed by atoms with Crippen molar-refractivity contribution < 1.29 is 9.72 Å². The van der Waals surface area contributed by atoms with E-state index in [2.05, 4.69) is 12.8 Å². The number of nitro groups is 1. The Hall–Kier alpha value is -1.56. The van der Waals surface area contributed by atoms with Crippen LogP contribution in [0.4, 0.5) is 0 Å². The first-order valence-corrected chi connectivity index (χ1v) is 4.62. The van der Waals surface area contributed by atoms with Gasteiger partial charge in [-0.15, -0.1) is 0 Å². The zero-order valence-electron chi connectivity index (χ0n) is 8.01. The Morgan fingerprint density at radius 2 is 2.00 bits per heavy atom. The molecule has 0 saturated heterocycles. The van der Waals surface area contributed by atoms with Gasteiger partial charge in [-0.1, -0.05) is 43.1 Å². The van der Waals surface area contributed by atoms with Crippen molar-refractivity contribution in [1.82, 2.24) is 4.72 Å². The zero-order chi connectivity index (χ0) is 11.5. The highest BCUT2D eigenvalue weighted by atomic mass is 32.1. The van der Waals surface area contributed by atoms with E-state index in [0.29, 0.717) is 5.56 Å². The van der Waals surface area contributed by atoms with Crippen molar-refractivity contribution in [3.05, 3.63) is 46.0 Å². The van der Waals surface area contributed by atoms with Crippen LogP contribution in [0.3, 0.4) is 0 Å². The summed E-state index contributed by atoms with van der Waals surface area (Å²) in [5, 5.41) is 10.9. The topological polar surface area (TPSA) is 72.2 Å². The first kappa shape index (κ1) is 11.5. The second kappa shape index (κ2) is 4.31. The van der Waals surface area contributed by atoms with Gasteiger partial charge >= 0.3 is 11.4 Å². The molecule has 0 aliphatic rings. The van der Waals surface area contributed by atoms with Crippen LogP contribution in [0.5, 0.6) is 0 Å². The molecule has 0 aliphatic heterocycles. The van der Waals surface area contributed by atoms with Crippen molar-refractivity contribution in [2.24, 2.45) is 0 Å². The number of carbonyl (C=O) groups excluding carboxylic acids is 1. The predicted molar refractivity (Wildman–Crippen MR) is 57.9 cm³/mol. The first-order chi connectivity index (χ1) is 7.03. The molecule has 0 radical (unpaired) electrons. The highest BCUT2D eigenvalue weighted by Gasteiger charge is 2.47. The third kappa shape index (κ3) is 1.94. The summed E-state index contributed by atoms with van der Waals surface area (Å²) in [6.07, 6.45) is 0.